The summed E-state index contributed by atoms with van der Waals surface area (Å²) in [4.78, 5) is 28.8. The van der Waals surface area contributed by atoms with Crippen LogP contribution in [0, 0.1) is 0 Å². The number of ether oxygens (including phenoxy) is 1. The summed E-state index contributed by atoms with van der Waals surface area (Å²) in [6.45, 7) is 2.56. The van der Waals surface area contributed by atoms with Gasteiger partial charge in [-0.05, 0) is 36.2 Å². The number of benzene rings is 1. The van der Waals surface area contributed by atoms with Crippen LogP contribution in [0.15, 0.2) is 47.1 Å². The Hall–Kier alpha value is -2.76. The van der Waals surface area contributed by atoms with E-state index in [9.17, 15) is 9.59 Å². The molecule has 2 amide bonds. The summed E-state index contributed by atoms with van der Waals surface area (Å²) in [7, 11) is 1.62. The molecule has 1 aromatic carbocycles. The molecule has 1 aromatic heterocycles. The van der Waals surface area contributed by atoms with Crippen LogP contribution in [0.25, 0.3) is 0 Å². The van der Waals surface area contributed by atoms with Crippen molar-refractivity contribution in [3.63, 3.8) is 0 Å². The molecule has 1 saturated heterocycles. The van der Waals surface area contributed by atoms with Crippen LogP contribution in [-0.2, 0) is 22.4 Å². The average Bonchev–Trinajstić information content (AvgIpc) is 3.09. The van der Waals surface area contributed by atoms with Gasteiger partial charge < -0.3 is 19.0 Å². The van der Waals surface area contributed by atoms with Gasteiger partial charge in [-0.1, -0.05) is 12.1 Å². The van der Waals surface area contributed by atoms with E-state index in [1.807, 2.05) is 46.2 Å². The number of amides is 2. The summed E-state index contributed by atoms with van der Waals surface area (Å²) >= 11 is 0. The van der Waals surface area contributed by atoms with Crippen LogP contribution in [0.5, 0.6) is 5.75 Å². The highest BCUT2D eigenvalue weighted by molar-refractivity contribution is 5.79. The van der Waals surface area contributed by atoms with E-state index in [4.69, 9.17) is 9.15 Å². The van der Waals surface area contributed by atoms with Gasteiger partial charge in [0, 0.05) is 39.0 Å². The Morgan fingerprint density at radius 3 is 2.33 bits per heavy atom. The zero-order chi connectivity index (χ0) is 19.1. The molecule has 2 heterocycles. The summed E-state index contributed by atoms with van der Waals surface area (Å²) < 4.78 is 10.4. The summed E-state index contributed by atoms with van der Waals surface area (Å²) in [6.07, 6.45) is 3.85. The maximum Gasteiger partial charge on any atom is 0.227 e. The van der Waals surface area contributed by atoms with Gasteiger partial charge in [-0.15, -0.1) is 0 Å². The number of nitrogens with zero attached hydrogens (tertiary/aromatic N) is 2. The van der Waals surface area contributed by atoms with E-state index in [0.29, 0.717) is 45.4 Å². The molecule has 144 valence electrons. The molecule has 0 atom stereocenters. The van der Waals surface area contributed by atoms with E-state index >= 15 is 0 Å². The lowest BCUT2D eigenvalue weighted by Gasteiger charge is -2.22. The molecule has 2 aromatic rings. The second-order valence-corrected chi connectivity index (χ2v) is 6.72. The highest BCUT2D eigenvalue weighted by atomic mass is 16.5. The van der Waals surface area contributed by atoms with Crippen molar-refractivity contribution in [1.29, 1.82) is 0 Å². The summed E-state index contributed by atoms with van der Waals surface area (Å²) in [5.74, 6) is 1.83. The van der Waals surface area contributed by atoms with Crippen molar-refractivity contribution < 1.29 is 18.7 Å². The van der Waals surface area contributed by atoms with Crippen LogP contribution in [0.3, 0.4) is 0 Å². The standard InChI is InChI=1S/C21H26N2O4/c1-26-18-7-5-17(6-8-18)16-21(25)23-12-3-11-22(13-14-23)20(24)10-9-19-4-2-15-27-19/h2,4-8,15H,3,9-14,16H2,1H3. The molecule has 1 aliphatic rings. The summed E-state index contributed by atoms with van der Waals surface area (Å²) in [5.41, 5.74) is 0.969. The molecule has 27 heavy (non-hydrogen) atoms. The minimum absolute atomic E-state index is 0.102. The highest BCUT2D eigenvalue weighted by Crippen LogP contribution is 2.14. The average molecular weight is 370 g/mol. The fourth-order valence-corrected chi connectivity index (χ4v) is 3.29. The zero-order valence-corrected chi connectivity index (χ0v) is 15.7. The Morgan fingerprint density at radius 1 is 1.00 bits per heavy atom. The number of methoxy groups -OCH3 is 1. The van der Waals surface area contributed by atoms with Gasteiger partial charge in [0.1, 0.15) is 11.5 Å². The Morgan fingerprint density at radius 2 is 1.70 bits per heavy atom. The quantitative estimate of drug-likeness (QED) is 0.784. The van der Waals surface area contributed by atoms with Crippen molar-refractivity contribution >= 4 is 11.8 Å². The first-order valence-corrected chi connectivity index (χ1v) is 9.36. The van der Waals surface area contributed by atoms with Crippen molar-refractivity contribution in [2.24, 2.45) is 0 Å². The summed E-state index contributed by atoms with van der Waals surface area (Å²) in [6, 6.07) is 11.3. The SMILES string of the molecule is COc1ccc(CC(=O)N2CCCN(C(=O)CCc3ccco3)CC2)cc1. The number of carbonyl (C=O) groups excluding carboxylic acids is 2. The van der Waals surface area contributed by atoms with Crippen LogP contribution in [0.1, 0.15) is 24.2 Å². The second kappa shape index (κ2) is 9.26. The van der Waals surface area contributed by atoms with E-state index in [2.05, 4.69) is 0 Å². The number of hydrogen-bond donors (Lipinski definition) is 0. The number of carbonyl (C=O) groups is 2. The lowest BCUT2D eigenvalue weighted by molar-refractivity contribution is -0.133. The number of hydrogen-bond acceptors (Lipinski definition) is 4. The van der Waals surface area contributed by atoms with Crippen molar-refractivity contribution in [1.82, 2.24) is 9.80 Å². The molecule has 0 spiro atoms. The van der Waals surface area contributed by atoms with Crippen LogP contribution in [-0.4, -0.2) is 54.9 Å². The first kappa shape index (κ1) is 19.0. The lowest BCUT2D eigenvalue weighted by atomic mass is 10.1. The monoisotopic (exact) mass is 370 g/mol. The first-order chi connectivity index (χ1) is 13.2. The molecule has 1 aliphatic heterocycles. The molecule has 1 fully saturated rings. The molecule has 0 bridgehead atoms. The van der Waals surface area contributed by atoms with E-state index < -0.39 is 0 Å². The van der Waals surface area contributed by atoms with Gasteiger partial charge in [0.25, 0.3) is 0 Å². The fourth-order valence-electron chi connectivity index (χ4n) is 3.29. The van der Waals surface area contributed by atoms with E-state index in [0.717, 1.165) is 23.5 Å². The molecular formula is C21H26N2O4. The van der Waals surface area contributed by atoms with Crippen LogP contribution >= 0.6 is 0 Å². The molecule has 0 unspecified atom stereocenters. The Kier molecular flexibility index (Phi) is 6.52. The van der Waals surface area contributed by atoms with Crippen LogP contribution in [0.2, 0.25) is 0 Å². The van der Waals surface area contributed by atoms with Crippen molar-refractivity contribution in [2.75, 3.05) is 33.3 Å². The Labute approximate surface area is 159 Å². The van der Waals surface area contributed by atoms with Crippen molar-refractivity contribution in [2.45, 2.75) is 25.7 Å². The minimum atomic E-state index is 0.102. The summed E-state index contributed by atoms with van der Waals surface area (Å²) in [5, 5.41) is 0. The van der Waals surface area contributed by atoms with Gasteiger partial charge in [0.15, 0.2) is 0 Å². The lowest BCUT2D eigenvalue weighted by Crippen LogP contribution is -2.38. The fraction of sp³-hybridized carbons (Fsp3) is 0.429. The Bertz CT molecular complexity index is 740. The third kappa shape index (κ3) is 5.36. The third-order valence-corrected chi connectivity index (χ3v) is 4.88. The minimum Gasteiger partial charge on any atom is -0.497 e. The molecule has 3 rings (SSSR count). The van der Waals surface area contributed by atoms with Gasteiger partial charge in [0.05, 0.1) is 19.8 Å². The molecular weight excluding hydrogens is 344 g/mol. The molecule has 0 radical (unpaired) electrons. The van der Waals surface area contributed by atoms with Gasteiger partial charge >= 0.3 is 0 Å². The van der Waals surface area contributed by atoms with Crippen LogP contribution in [0.4, 0.5) is 0 Å². The second-order valence-electron chi connectivity index (χ2n) is 6.72. The van der Waals surface area contributed by atoms with E-state index in [1.165, 1.54) is 0 Å². The number of furan rings is 1. The largest absolute Gasteiger partial charge is 0.497 e. The normalized spacial score (nSPS) is 14.7. The molecule has 6 heteroatoms. The molecule has 0 saturated carbocycles. The highest BCUT2D eigenvalue weighted by Gasteiger charge is 2.22. The van der Waals surface area contributed by atoms with E-state index in [-0.39, 0.29) is 11.8 Å². The smallest absolute Gasteiger partial charge is 0.227 e. The van der Waals surface area contributed by atoms with E-state index in [1.54, 1.807) is 13.4 Å². The molecule has 6 nitrogen and oxygen atoms in total. The third-order valence-electron chi connectivity index (χ3n) is 4.88. The van der Waals surface area contributed by atoms with Gasteiger partial charge in [-0.2, -0.15) is 0 Å². The van der Waals surface area contributed by atoms with Crippen LogP contribution < -0.4 is 4.74 Å². The predicted molar refractivity (Wildman–Crippen MR) is 102 cm³/mol. The molecule has 0 N–H and O–H groups in total. The Balaban J connectivity index is 1.48. The van der Waals surface area contributed by atoms with Gasteiger partial charge in [-0.25, -0.2) is 0 Å². The number of aryl methyl sites for hydroxylation is 1. The zero-order valence-electron chi connectivity index (χ0n) is 15.7. The predicted octanol–water partition coefficient (Wildman–Crippen LogP) is 2.52. The maximum absolute atomic E-state index is 12.6. The first-order valence-electron chi connectivity index (χ1n) is 9.36. The topological polar surface area (TPSA) is 63.0 Å². The number of rotatable bonds is 6. The van der Waals surface area contributed by atoms with Crippen molar-refractivity contribution in [3.05, 3.63) is 54.0 Å². The van der Waals surface area contributed by atoms with Gasteiger partial charge in [0.2, 0.25) is 11.8 Å². The van der Waals surface area contributed by atoms with Crippen molar-refractivity contribution in [3.8, 4) is 5.75 Å². The van der Waals surface area contributed by atoms with Gasteiger partial charge in [-0.3, -0.25) is 9.59 Å². The maximum atomic E-state index is 12.6. The molecule has 0 aliphatic carbocycles.